The number of aliphatic carboxylic acids is 1. The summed E-state index contributed by atoms with van der Waals surface area (Å²) in [5.41, 5.74) is 3.69. The van der Waals surface area contributed by atoms with Gasteiger partial charge in [-0.25, -0.2) is 4.79 Å². The number of benzene rings is 2. The molecule has 174 valence electrons. The molecule has 0 atom stereocenters. The van der Waals surface area contributed by atoms with E-state index in [0.29, 0.717) is 47.8 Å². The minimum Gasteiger partial charge on any atom is -0.493 e. The highest BCUT2D eigenvalue weighted by Crippen LogP contribution is 2.30. The van der Waals surface area contributed by atoms with Gasteiger partial charge in [-0.2, -0.15) is 0 Å². The molecule has 32 heavy (non-hydrogen) atoms. The Morgan fingerprint density at radius 3 is 1.69 bits per heavy atom. The van der Waals surface area contributed by atoms with Crippen molar-refractivity contribution in [3.8, 4) is 23.0 Å². The molecule has 0 radical (unpaired) electrons. The monoisotopic (exact) mass is 442 g/mol. The molecule has 2 aromatic rings. The minimum atomic E-state index is -0.832. The summed E-state index contributed by atoms with van der Waals surface area (Å²) in [5.74, 6) is 1.90. The molecule has 2 rings (SSSR count). The van der Waals surface area contributed by atoms with Crippen molar-refractivity contribution < 1.29 is 28.8 Å². The fourth-order valence-corrected chi connectivity index (χ4v) is 3.81. The van der Waals surface area contributed by atoms with Crippen molar-refractivity contribution in [2.45, 2.75) is 45.4 Å². The Kier molecular flexibility index (Phi) is 9.92. The third-order valence-corrected chi connectivity index (χ3v) is 5.62. The largest absolute Gasteiger partial charge is 0.493 e. The second kappa shape index (κ2) is 12.6. The Balaban J connectivity index is 2.07. The van der Waals surface area contributed by atoms with Gasteiger partial charge in [-0.3, -0.25) is 0 Å². The molecular weight excluding hydrogens is 408 g/mol. The molecule has 0 aliphatic carbocycles. The van der Waals surface area contributed by atoms with Crippen LogP contribution in [0.3, 0.4) is 0 Å². The molecule has 0 spiro atoms. The van der Waals surface area contributed by atoms with Gasteiger partial charge in [0, 0.05) is 5.57 Å². The fraction of sp³-hybridized carbons (Fsp3) is 0.423. The van der Waals surface area contributed by atoms with Gasteiger partial charge in [0.05, 0.1) is 28.4 Å². The zero-order valence-corrected chi connectivity index (χ0v) is 19.7. The van der Waals surface area contributed by atoms with Crippen LogP contribution in [0.15, 0.2) is 47.5 Å². The molecule has 1 N–H and O–H groups in total. The van der Waals surface area contributed by atoms with E-state index < -0.39 is 5.97 Å². The summed E-state index contributed by atoms with van der Waals surface area (Å²) in [6, 6.07) is 11.6. The van der Waals surface area contributed by atoms with E-state index in [1.807, 2.05) is 43.3 Å². The van der Waals surface area contributed by atoms with Crippen molar-refractivity contribution in [2.24, 2.45) is 0 Å². The molecule has 0 amide bonds. The van der Waals surface area contributed by atoms with Gasteiger partial charge in [0.1, 0.15) is 0 Å². The van der Waals surface area contributed by atoms with Crippen LogP contribution in [0.25, 0.3) is 0 Å². The van der Waals surface area contributed by atoms with Crippen molar-refractivity contribution >= 4 is 5.97 Å². The summed E-state index contributed by atoms with van der Waals surface area (Å²) in [6.45, 7) is 2.02. The number of hydrogen-bond acceptors (Lipinski definition) is 5. The fourth-order valence-electron chi connectivity index (χ4n) is 3.81. The highest BCUT2D eigenvalue weighted by atomic mass is 16.5. The van der Waals surface area contributed by atoms with Crippen LogP contribution >= 0.6 is 0 Å². The van der Waals surface area contributed by atoms with Gasteiger partial charge in [0.25, 0.3) is 0 Å². The first-order valence-corrected chi connectivity index (χ1v) is 10.8. The van der Waals surface area contributed by atoms with E-state index in [9.17, 15) is 9.90 Å². The maximum Gasteiger partial charge on any atom is 0.331 e. The molecule has 0 aliphatic heterocycles. The number of rotatable bonds is 13. The number of aryl methyl sites for hydroxylation is 2. The second-order valence-corrected chi connectivity index (χ2v) is 7.47. The second-order valence-electron chi connectivity index (χ2n) is 7.47. The summed E-state index contributed by atoms with van der Waals surface area (Å²) in [6.07, 6.45) is 4.20. The lowest BCUT2D eigenvalue weighted by Crippen LogP contribution is -2.06. The van der Waals surface area contributed by atoms with E-state index in [1.54, 1.807) is 28.4 Å². The first kappa shape index (κ1) is 25.1. The van der Waals surface area contributed by atoms with Gasteiger partial charge in [0.15, 0.2) is 23.0 Å². The zero-order chi connectivity index (χ0) is 23.5. The van der Waals surface area contributed by atoms with E-state index in [-0.39, 0.29) is 0 Å². The van der Waals surface area contributed by atoms with Crippen LogP contribution in [0.2, 0.25) is 0 Å². The normalized spacial score (nSPS) is 11.5. The minimum absolute atomic E-state index is 0.522. The van der Waals surface area contributed by atoms with Crippen molar-refractivity contribution in [1.82, 2.24) is 0 Å². The summed E-state index contributed by atoms with van der Waals surface area (Å²) < 4.78 is 21.3. The van der Waals surface area contributed by atoms with Gasteiger partial charge in [0.2, 0.25) is 0 Å². The molecule has 0 aromatic heterocycles. The Hall–Kier alpha value is -3.15. The zero-order valence-electron chi connectivity index (χ0n) is 19.7. The van der Waals surface area contributed by atoms with E-state index in [2.05, 4.69) is 0 Å². The Labute approximate surface area is 190 Å². The molecule has 0 bridgehead atoms. The van der Waals surface area contributed by atoms with E-state index >= 15 is 0 Å². The quantitative estimate of drug-likeness (QED) is 0.415. The average Bonchev–Trinajstić information content (AvgIpc) is 2.82. The van der Waals surface area contributed by atoms with Crippen molar-refractivity contribution in [2.75, 3.05) is 28.4 Å². The van der Waals surface area contributed by atoms with Crippen LogP contribution < -0.4 is 18.9 Å². The number of hydrogen-bond donors (Lipinski definition) is 1. The van der Waals surface area contributed by atoms with E-state index in [4.69, 9.17) is 18.9 Å². The van der Waals surface area contributed by atoms with Crippen molar-refractivity contribution in [1.29, 1.82) is 0 Å². The average molecular weight is 443 g/mol. The van der Waals surface area contributed by atoms with Gasteiger partial charge in [-0.15, -0.1) is 0 Å². The summed E-state index contributed by atoms with van der Waals surface area (Å²) in [4.78, 5) is 12.0. The van der Waals surface area contributed by atoms with Crippen LogP contribution in [0, 0.1) is 0 Å². The number of carboxylic acid groups (broad SMARTS) is 1. The van der Waals surface area contributed by atoms with Gasteiger partial charge < -0.3 is 24.1 Å². The smallest absolute Gasteiger partial charge is 0.331 e. The van der Waals surface area contributed by atoms with Crippen LogP contribution in [-0.4, -0.2) is 39.5 Å². The summed E-state index contributed by atoms with van der Waals surface area (Å²) >= 11 is 0. The first-order chi connectivity index (χ1) is 15.5. The SMILES string of the molecule is CCC(CCc1ccc(OC)c(OC)c1)=C(CCCc1ccc(OC)c(OC)c1)C(=O)O. The molecule has 6 heteroatoms. The van der Waals surface area contributed by atoms with Crippen molar-refractivity contribution in [3.63, 3.8) is 0 Å². The molecule has 0 unspecified atom stereocenters. The van der Waals surface area contributed by atoms with E-state index in [1.165, 1.54) is 0 Å². The van der Waals surface area contributed by atoms with Gasteiger partial charge in [-0.1, -0.05) is 24.6 Å². The third-order valence-electron chi connectivity index (χ3n) is 5.62. The van der Waals surface area contributed by atoms with E-state index in [0.717, 1.165) is 36.0 Å². The molecule has 0 saturated carbocycles. The Morgan fingerprint density at radius 2 is 1.25 bits per heavy atom. The molecule has 2 aromatic carbocycles. The predicted octanol–water partition coefficient (Wildman–Crippen LogP) is 5.47. The highest BCUT2D eigenvalue weighted by Gasteiger charge is 2.14. The molecule has 6 nitrogen and oxygen atoms in total. The predicted molar refractivity (Wildman–Crippen MR) is 125 cm³/mol. The molecule has 0 saturated heterocycles. The van der Waals surface area contributed by atoms with Crippen LogP contribution in [0.5, 0.6) is 23.0 Å². The topological polar surface area (TPSA) is 74.2 Å². The number of ether oxygens (including phenoxy) is 4. The number of carbonyl (C=O) groups is 1. The third kappa shape index (κ3) is 6.67. The maximum atomic E-state index is 12.0. The van der Waals surface area contributed by atoms with Crippen LogP contribution in [-0.2, 0) is 17.6 Å². The van der Waals surface area contributed by atoms with Gasteiger partial charge >= 0.3 is 5.97 Å². The lowest BCUT2D eigenvalue weighted by molar-refractivity contribution is -0.132. The lowest BCUT2D eigenvalue weighted by atomic mass is 9.94. The lowest BCUT2D eigenvalue weighted by Gasteiger charge is -2.13. The number of allylic oxidation sites excluding steroid dienone is 1. The van der Waals surface area contributed by atoms with Gasteiger partial charge in [-0.05, 0) is 73.9 Å². The summed E-state index contributed by atoms with van der Waals surface area (Å²) in [7, 11) is 6.44. The number of carboxylic acids is 1. The molecular formula is C26H34O6. The standard InChI is InChI=1S/C26H34O6/c1-6-20(13-10-19-12-15-23(30-3)25(17-19)32-5)21(26(27)28)9-7-8-18-11-14-22(29-2)24(16-18)31-4/h11-12,14-17H,6-10,13H2,1-5H3,(H,27,28). The van der Waals surface area contributed by atoms with Crippen LogP contribution in [0.1, 0.15) is 43.7 Å². The first-order valence-electron chi connectivity index (χ1n) is 10.8. The Morgan fingerprint density at radius 1 is 0.750 bits per heavy atom. The molecule has 0 aliphatic rings. The molecule has 0 heterocycles. The molecule has 0 fully saturated rings. The highest BCUT2D eigenvalue weighted by molar-refractivity contribution is 5.87. The maximum absolute atomic E-state index is 12.0. The summed E-state index contributed by atoms with van der Waals surface area (Å²) in [5, 5.41) is 9.84. The van der Waals surface area contributed by atoms with Crippen LogP contribution in [0.4, 0.5) is 0 Å². The number of methoxy groups -OCH3 is 4. The Bertz CT molecular complexity index is 932. The van der Waals surface area contributed by atoms with Crippen molar-refractivity contribution in [3.05, 3.63) is 58.7 Å².